The van der Waals surface area contributed by atoms with Crippen molar-refractivity contribution in [2.75, 3.05) is 11.9 Å². The highest BCUT2D eigenvalue weighted by Gasteiger charge is 2.26. The molecule has 78 valence electrons. The smallest absolute Gasteiger partial charge is 0.127 e. The lowest BCUT2D eigenvalue weighted by Gasteiger charge is -2.31. The number of nitrogens with zero attached hydrogens (tertiary/aromatic N) is 2. The number of aryl methyl sites for hydroxylation is 1. The minimum absolute atomic E-state index is 0.576. The van der Waals surface area contributed by atoms with Crippen molar-refractivity contribution in [3.63, 3.8) is 0 Å². The van der Waals surface area contributed by atoms with Gasteiger partial charge in [-0.15, -0.1) is 0 Å². The Morgan fingerprint density at radius 2 is 2.36 bits per heavy atom. The second kappa shape index (κ2) is 3.64. The molecule has 0 radical (unpaired) electrons. The standard InChI is InChI=1S/C11H19N3/c1-4-9-7-13-14-10(5-2)8(3)6-12-11(9)14/h7-8,10,12H,4-6H2,1-3H3. The highest BCUT2D eigenvalue weighted by molar-refractivity contribution is 5.45. The molecule has 1 aromatic rings. The van der Waals surface area contributed by atoms with Crippen molar-refractivity contribution < 1.29 is 0 Å². The molecule has 1 N–H and O–H groups in total. The van der Waals surface area contributed by atoms with E-state index >= 15 is 0 Å². The van der Waals surface area contributed by atoms with E-state index in [4.69, 9.17) is 0 Å². The summed E-state index contributed by atoms with van der Waals surface area (Å²) in [5, 5.41) is 7.96. The van der Waals surface area contributed by atoms with E-state index in [2.05, 4.69) is 35.9 Å². The number of fused-ring (bicyclic) bond motifs is 1. The van der Waals surface area contributed by atoms with Crippen LogP contribution in [-0.4, -0.2) is 16.3 Å². The minimum atomic E-state index is 0.576. The largest absolute Gasteiger partial charge is 0.370 e. The van der Waals surface area contributed by atoms with Gasteiger partial charge in [-0.2, -0.15) is 5.10 Å². The molecule has 0 spiro atoms. The number of anilines is 1. The summed E-state index contributed by atoms with van der Waals surface area (Å²) in [4.78, 5) is 0. The Bertz CT molecular complexity index is 316. The fraction of sp³-hybridized carbons (Fsp3) is 0.727. The summed E-state index contributed by atoms with van der Waals surface area (Å²) < 4.78 is 2.17. The van der Waals surface area contributed by atoms with Crippen LogP contribution in [0.5, 0.6) is 0 Å². The summed E-state index contributed by atoms with van der Waals surface area (Å²) in [6.45, 7) is 7.79. The van der Waals surface area contributed by atoms with Gasteiger partial charge in [-0.1, -0.05) is 20.8 Å². The zero-order chi connectivity index (χ0) is 10.1. The highest BCUT2D eigenvalue weighted by atomic mass is 15.4. The van der Waals surface area contributed by atoms with Crippen LogP contribution in [0.3, 0.4) is 0 Å². The molecule has 0 fully saturated rings. The van der Waals surface area contributed by atoms with Crippen molar-refractivity contribution in [2.45, 2.75) is 39.7 Å². The molecule has 0 amide bonds. The Morgan fingerprint density at radius 3 is 3.00 bits per heavy atom. The SMILES string of the molecule is CCc1cnn2c1NCC(C)C2CC. The molecule has 1 aliphatic rings. The first-order chi connectivity index (χ1) is 6.77. The fourth-order valence-electron chi connectivity index (χ4n) is 2.31. The summed E-state index contributed by atoms with van der Waals surface area (Å²) in [6.07, 6.45) is 4.23. The molecule has 3 nitrogen and oxygen atoms in total. The maximum Gasteiger partial charge on any atom is 0.127 e. The van der Waals surface area contributed by atoms with Crippen LogP contribution in [0.15, 0.2) is 6.20 Å². The van der Waals surface area contributed by atoms with Crippen molar-refractivity contribution in [3.8, 4) is 0 Å². The van der Waals surface area contributed by atoms with Gasteiger partial charge in [0.2, 0.25) is 0 Å². The summed E-state index contributed by atoms with van der Waals surface area (Å²) in [5.41, 5.74) is 1.34. The van der Waals surface area contributed by atoms with Crippen molar-refractivity contribution in [1.82, 2.24) is 9.78 Å². The van der Waals surface area contributed by atoms with Crippen LogP contribution in [0.2, 0.25) is 0 Å². The molecular formula is C11H19N3. The number of hydrogen-bond acceptors (Lipinski definition) is 2. The fourth-order valence-corrected chi connectivity index (χ4v) is 2.31. The number of rotatable bonds is 2. The topological polar surface area (TPSA) is 29.9 Å². The van der Waals surface area contributed by atoms with E-state index in [1.165, 1.54) is 17.8 Å². The number of aromatic nitrogens is 2. The Balaban J connectivity index is 2.38. The van der Waals surface area contributed by atoms with Gasteiger partial charge in [0.25, 0.3) is 0 Å². The molecule has 14 heavy (non-hydrogen) atoms. The van der Waals surface area contributed by atoms with E-state index in [0.29, 0.717) is 12.0 Å². The monoisotopic (exact) mass is 193 g/mol. The molecule has 2 heterocycles. The maximum atomic E-state index is 4.48. The predicted octanol–water partition coefficient (Wildman–Crippen LogP) is 2.46. The summed E-state index contributed by atoms with van der Waals surface area (Å²) >= 11 is 0. The van der Waals surface area contributed by atoms with Gasteiger partial charge in [-0.05, 0) is 18.8 Å². The van der Waals surface area contributed by atoms with Crippen LogP contribution in [-0.2, 0) is 6.42 Å². The van der Waals surface area contributed by atoms with Crippen molar-refractivity contribution in [3.05, 3.63) is 11.8 Å². The zero-order valence-corrected chi connectivity index (χ0v) is 9.25. The third kappa shape index (κ3) is 1.31. The minimum Gasteiger partial charge on any atom is -0.370 e. The molecular weight excluding hydrogens is 174 g/mol. The first-order valence-electron chi connectivity index (χ1n) is 5.58. The first-order valence-corrected chi connectivity index (χ1v) is 5.58. The van der Waals surface area contributed by atoms with Gasteiger partial charge >= 0.3 is 0 Å². The lowest BCUT2D eigenvalue weighted by molar-refractivity contribution is 0.313. The van der Waals surface area contributed by atoms with Gasteiger partial charge in [-0.25, -0.2) is 4.68 Å². The molecule has 2 rings (SSSR count). The van der Waals surface area contributed by atoms with Crippen LogP contribution < -0.4 is 5.32 Å². The molecule has 0 aromatic carbocycles. The van der Waals surface area contributed by atoms with Gasteiger partial charge in [0.15, 0.2) is 0 Å². The first kappa shape index (κ1) is 9.56. The average Bonchev–Trinajstić information content (AvgIpc) is 2.60. The zero-order valence-electron chi connectivity index (χ0n) is 9.25. The van der Waals surface area contributed by atoms with Gasteiger partial charge in [0.05, 0.1) is 12.2 Å². The Hall–Kier alpha value is -0.990. The van der Waals surface area contributed by atoms with Crippen LogP contribution in [0.25, 0.3) is 0 Å². The van der Waals surface area contributed by atoms with Crippen molar-refractivity contribution >= 4 is 5.82 Å². The molecule has 2 atom stereocenters. The quantitative estimate of drug-likeness (QED) is 0.782. The Labute approximate surface area is 85.5 Å². The molecule has 0 saturated carbocycles. The van der Waals surface area contributed by atoms with E-state index in [-0.39, 0.29) is 0 Å². The molecule has 1 aromatic heterocycles. The van der Waals surface area contributed by atoms with Gasteiger partial charge in [0.1, 0.15) is 5.82 Å². The van der Waals surface area contributed by atoms with Crippen LogP contribution in [0.1, 0.15) is 38.8 Å². The van der Waals surface area contributed by atoms with E-state index < -0.39 is 0 Å². The normalized spacial score (nSPS) is 25.6. The summed E-state index contributed by atoms with van der Waals surface area (Å²) in [6, 6.07) is 0.576. The van der Waals surface area contributed by atoms with E-state index in [0.717, 1.165) is 13.0 Å². The Morgan fingerprint density at radius 1 is 1.57 bits per heavy atom. The molecule has 0 aliphatic carbocycles. The second-order valence-electron chi connectivity index (χ2n) is 4.15. The van der Waals surface area contributed by atoms with Crippen LogP contribution >= 0.6 is 0 Å². The van der Waals surface area contributed by atoms with E-state index in [1.54, 1.807) is 0 Å². The average molecular weight is 193 g/mol. The van der Waals surface area contributed by atoms with Crippen LogP contribution in [0.4, 0.5) is 5.82 Å². The van der Waals surface area contributed by atoms with E-state index in [1.807, 2.05) is 6.20 Å². The second-order valence-corrected chi connectivity index (χ2v) is 4.15. The van der Waals surface area contributed by atoms with E-state index in [9.17, 15) is 0 Å². The Kier molecular flexibility index (Phi) is 2.48. The third-order valence-electron chi connectivity index (χ3n) is 3.23. The molecule has 3 heteroatoms. The van der Waals surface area contributed by atoms with Crippen molar-refractivity contribution in [1.29, 1.82) is 0 Å². The van der Waals surface area contributed by atoms with Crippen molar-refractivity contribution in [2.24, 2.45) is 5.92 Å². The lowest BCUT2D eigenvalue weighted by atomic mass is 9.97. The molecule has 0 bridgehead atoms. The maximum absolute atomic E-state index is 4.48. The van der Waals surface area contributed by atoms with Gasteiger partial charge < -0.3 is 5.32 Å². The van der Waals surface area contributed by atoms with Crippen LogP contribution in [0, 0.1) is 5.92 Å². The summed E-state index contributed by atoms with van der Waals surface area (Å²) in [5.74, 6) is 1.93. The molecule has 1 aliphatic heterocycles. The molecule has 2 unspecified atom stereocenters. The third-order valence-corrected chi connectivity index (χ3v) is 3.23. The van der Waals surface area contributed by atoms with Gasteiger partial charge in [-0.3, -0.25) is 0 Å². The predicted molar refractivity (Wildman–Crippen MR) is 58.6 cm³/mol. The molecule has 0 saturated heterocycles. The summed E-state index contributed by atoms with van der Waals surface area (Å²) in [7, 11) is 0. The lowest BCUT2D eigenvalue weighted by Crippen LogP contribution is -2.31. The van der Waals surface area contributed by atoms with Gasteiger partial charge in [0, 0.05) is 12.1 Å². The number of nitrogens with one attached hydrogen (secondary N) is 1. The number of hydrogen-bond donors (Lipinski definition) is 1. The highest BCUT2D eigenvalue weighted by Crippen LogP contribution is 2.31.